The highest BCUT2D eigenvalue weighted by molar-refractivity contribution is 7.91. The van der Waals surface area contributed by atoms with E-state index < -0.39 is 39.2 Å². The summed E-state index contributed by atoms with van der Waals surface area (Å²) < 4.78 is 41.0. The van der Waals surface area contributed by atoms with Crippen molar-refractivity contribution < 1.29 is 32.2 Å². The maximum Gasteiger partial charge on any atom is 0.330 e. The van der Waals surface area contributed by atoms with Crippen molar-refractivity contribution in [2.24, 2.45) is 11.7 Å². The predicted octanol–water partition coefficient (Wildman–Crippen LogP) is 1.56. The second kappa shape index (κ2) is 11.2. The van der Waals surface area contributed by atoms with Crippen LogP contribution < -0.4 is 20.5 Å². The molecule has 0 radical (unpaired) electrons. The third-order valence-corrected chi connectivity index (χ3v) is 5.66. The molecule has 30 heavy (non-hydrogen) atoms. The highest BCUT2D eigenvalue weighted by Gasteiger charge is 2.35. The van der Waals surface area contributed by atoms with Gasteiger partial charge in [-0.05, 0) is 37.0 Å². The molecule has 0 saturated carbocycles. The fraction of sp³-hybridized carbons (Fsp3) is 0.600. The van der Waals surface area contributed by atoms with E-state index >= 15 is 0 Å². The highest BCUT2D eigenvalue weighted by atomic mass is 32.2. The Bertz CT molecular complexity index is 840. The van der Waals surface area contributed by atoms with Gasteiger partial charge in [-0.15, -0.1) is 0 Å². The van der Waals surface area contributed by atoms with E-state index in [0.717, 1.165) is 6.26 Å². The second-order valence-corrected chi connectivity index (χ2v) is 9.54. The van der Waals surface area contributed by atoms with E-state index in [1.54, 1.807) is 13.0 Å². The van der Waals surface area contributed by atoms with E-state index in [2.05, 4.69) is 5.32 Å². The lowest BCUT2D eigenvalue weighted by Crippen LogP contribution is -2.46. The molecule has 0 aliphatic rings. The van der Waals surface area contributed by atoms with Crippen LogP contribution in [0.15, 0.2) is 18.2 Å². The Morgan fingerprint density at radius 1 is 1.20 bits per heavy atom. The number of rotatable bonds is 11. The quantitative estimate of drug-likeness (QED) is 0.388. The van der Waals surface area contributed by atoms with Crippen molar-refractivity contribution in [3.8, 4) is 11.5 Å². The van der Waals surface area contributed by atoms with Crippen LogP contribution >= 0.6 is 0 Å². The summed E-state index contributed by atoms with van der Waals surface area (Å²) in [5.74, 6) is -0.325. The smallest absolute Gasteiger partial charge is 0.330 e. The second-order valence-electron chi connectivity index (χ2n) is 7.38. The number of hydrogen-bond acceptors (Lipinski definition) is 8. The molecule has 1 rings (SSSR count). The van der Waals surface area contributed by atoms with Crippen LogP contribution in [0.4, 0.5) is 0 Å². The minimum atomic E-state index is -3.77. The number of ether oxygens (including phenoxy) is 3. The van der Waals surface area contributed by atoms with Crippen LogP contribution in [0.1, 0.15) is 44.9 Å². The van der Waals surface area contributed by atoms with Crippen molar-refractivity contribution in [3.05, 3.63) is 23.8 Å². The molecule has 3 N–H and O–H groups in total. The first kappa shape index (κ1) is 25.7. The molecular weight excluding hydrogens is 412 g/mol. The third-order valence-electron chi connectivity index (χ3n) is 4.20. The van der Waals surface area contributed by atoms with Gasteiger partial charge in [-0.1, -0.05) is 19.9 Å². The number of amides is 1. The number of benzene rings is 1. The molecule has 0 aliphatic carbocycles. The summed E-state index contributed by atoms with van der Waals surface area (Å²) in [4.78, 5) is 24.0. The van der Waals surface area contributed by atoms with Crippen LogP contribution in [-0.4, -0.2) is 52.5 Å². The summed E-state index contributed by atoms with van der Waals surface area (Å²) in [6, 6.07) is 3.66. The molecular formula is C20H32N2O7S. The number of carbonyl (C=O) groups is 2. The normalized spacial score (nSPS) is 14.5. The first-order valence-corrected chi connectivity index (χ1v) is 11.6. The van der Waals surface area contributed by atoms with Crippen molar-refractivity contribution in [1.29, 1.82) is 0 Å². The van der Waals surface area contributed by atoms with Crippen LogP contribution in [0.3, 0.4) is 0 Å². The Morgan fingerprint density at radius 2 is 1.83 bits per heavy atom. The van der Waals surface area contributed by atoms with E-state index in [0.29, 0.717) is 30.1 Å². The van der Waals surface area contributed by atoms with E-state index in [1.807, 2.05) is 13.8 Å². The first-order chi connectivity index (χ1) is 13.9. The molecule has 3 atom stereocenters. The van der Waals surface area contributed by atoms with Gasteiger partial charge in [0.05, 0.1) is 13.7 Å². The molecule has 1 aromatic rings. The fourth-order valence-electron chi connectivity index (χ4n) is 3.03. The molecule has 0 aliphatic heterocycles. The molecule has 0 aromatic heterocycles. The molecule has 0 bridgehead atoms. The fourth-order valence-corrected chi connectivity index (χ4v) is 4.21. The molecule has 170 valence electrons. The SMILES string of the molecule is CCOc1cc([C@@H](C(N)OC(=O)[C@H](CC(C)C)NC(C)=O)S(C)(=O)=O)ccc1OC. The van der Waals surface area contributed by atoms with Crippen LogP contribution in [-0.2, 0) is 24.2 Å². The minimum absolute atomic E-state index is 0.0895. The molecule has 1 aromatic carbocycles. The molecule has 0 fully saturated rings. The van der Waals surface area contributed by atoms with Gasteiger partial charge in [0.1, 0.15) is 11.3 Å². The first-order valence-electron chi connectivity index (χ1n) is 9.63. The lowest BCUT2D eigenvalue weighted by Gasteiger charge is -2.26. The van der Waals surface area contributed by atoms with Gasteiger partial charge in [-0.2, -0.15) is 0 Å². The largest absolute Gasteiger partial charge is 0.493 e. The number of hydrogen-bond donors (Lipinski definition) is 2. The number of nitrogens with one attached hydrogen (secondary N) is 1. The van der Waals surface area contributed by atoms with Gasteiger partial charge in [0, 0.05) is 13.2 Å². The van der Waals surface area contributed by atoms with Crippen LogP contribution in [0.5, 0.6) is 11.5 Å². The summed E-state index contributed by atoms with van der Waals surface area (Å²) in [6.45, 7) is 7.18. The van der Waals surface area contributed by atoms with Crippen molar-refractivity contribution in [2.45, 2.75) is 51.6 Å². The Labute approximate surface area is 178 Å². The minimum Gasteiger partial charge on any atom is -0.493 e. The van der Waals surface area contributed by atoms with Gasteiger partial charge >= 0.3 is 5.97 Å². The maximum absolute atomic E-state index is 12.6. The van der Waals surface area contributed by atoms with E-state index in [1.165, 1.54) is 26.2 Å². The predicted molar refractivity (Wildman–Crippen MR) is 113 cm³/mol. The van der Waals surface area contributed by atoms with Gasteiger partial charge in [-0.3, -0.25) is 10.5 Å². The van der Waals surface area contributed by atoms with Gasteiger partial charge in [0.2, 0.25) is 5.91 Å². The van der Waals surface area contributed by atoms with Crippen molar-refractivity contribution in [3.63, 3.8) is 0 Å². The third kappa shape index (κ3) is 7.49. The summed E-state index contributed by atoms with van der Waals surface area (Å²) in [7, 11) is -2.30. The molecule has 1 unspecified atom stereocenters. The zero-order valence-corrected chi connectivity index (χ0v) is 19.1. The Kier molecular flexibility index (Phi) is 9.57. The standard InChI is InChI=1S/C20H32N2O7S/c1-7-28-17-11-14(8-9-16(17)27-5)18(30(6,25)26)19(21)29-20(24)15(10-12(2)3)22-13(4)23/h8-9,11-12,15,18-19H,7,10,21H2,1-6H3,(H,22,23)/t15-,18-,19?/m0/s1. The molecule has 10 heteroatoms. The number of nitrogens with two attached hydrogens (primary N) is 1. The Morgan fingerprint density at radius 3 is 2.30 bits per heavy atom. The number of sulfone groups is 1. The lowest BCUT2D eigenvalue weighted by atomic mass is 10.0. The van der Waals surface area contributed by atoms with Crippen molar-refractivity contribution >= 4 is 21.7 Å². The average Bonchev–Trinajstić information content (AvgIpc) is 2.59. The van der Waals surface area contributed by atoms with Crippen molar-refractivity contribution in [2.75, 3.05) is 20.0 Å². The average molecular weight is 445 g/mol. The van der Waals surface area contributed by atoms with E-state index in [-0.39, 0.29) is 5.92 Å². The monoisotopic (exact) mass is 444 g/mol. The topological polar surface area (TPSA) is 134 Å². The number of methoxy groups -OCH3 is 1. The van der Waals surface area contributed by atoms with Crippen molar-refractivity contribution in [1.82, 2.24) is 5.32 Å². The number of esters is 1. The number of carbonyl (C=O) groups excluding carboxylic acids is 2. The molecule has 0 spiro atoms. The van der Waals surface area contributed by atoms with Gasteiger partial charge in [0.15, 0.2) is 27.6 Å². The Balaban J connectivity index is 3.22. The van der Waals surface area contributed by atoms with E-state index in [9.17, 15) is 18.0 Å². The summed E-state index contributed by atoms with van der Waals surface area (Å²) >= 11 is 0. The molecule has 9 nitrogen and oxygen atoms in total. The Hall–Kier alpha value is -2.33. The maximum atomic E-state index is 12.6. The molecule has 0 heterocycles. The zero-order valence-electron chi connectivity index (χ0n) is 18.3. The van der Waals surface area contributed by atoms with Gasteiger partial charge in [0.25, 0.3) is 0 Å². The summed E-state index contributed by atoms with van der Waals surface area (Å²) in [6.07, 6.45) is -0.153. The van der Waals surface area contributed by atoms with E-state index in [4.69, 9.17) is 19.9 Å². The lowest BCUT2D eigenvalue weighted by molar-refractivity contribution is -0.153. The summed E-state index contributed by atoms with van der Waals surface area (Å²) in [5.41, 5.74) is 6.32. The molecule has 1 amide bonds. The summed E-state index contributed by atoms with van der Waals surface area (Å²) in [5, 5.41) is 1.19. The highest BCUT2D eigenvalue weighted by Crippen LogP contribution is 2.34. The van der Waals surface area contributed by atoms with Gasteiger partial charge in [-0.25, -0.2) is 13.2 Å². The zero-order chi connectivity index (χ0) is 23.1. The van der Waals surface area contributed by atoms with Gasteiger partial charge < -0.3 is 19.5 Å². The van der Waals surface area contributed by atoms with Crippen LogP contribution in [0, 0.1) is 5.92 Å². The van der Waals surface area contributed by atoms with Crippen LogP contribution in [0.25, 0.3) is 0 Å². The van der Waals surface area contributed by atoms with Crippen LogP contribution in [0.2, 0.25) is 0 Å². The molecule has 0 saturated heterocycles.